The van der Waals surface area contributed by atoms with Crippen molar-refractivity contribution in [3.63, 3.8) is 0 Å². The van der Waals surface area contributed by atoms with E-state index >= 15 is 0 Å². The van der Waals surface area contributed by atoms with Gasteiger partial charge in [-0.2, -0.15) is 0 Å². The van der Waals surface area contributed by atoms with Crippen molar-refractivity contribution in [2.24, 2.45) is 0 Å². The Morgan fingerprint density at radius 1 is 1.39 bits per heavy atom. The maximum Gasteiger partial charge on any atom is 0.287 e. The second-order valence-electron chi connectivity index (χ2n) is 4.07. The lowest BCUT2D eigenvalue weighted by atomic mass is 10.1. The summed E-state index contributed by atoms with van der Waals surface area (Å²) in [4.78, 5) is 11.8. The number of hydrogen-bond donors (Lipinski definition) is 1. The fourth-order valence-electron chi connectivity index (χ4n) is 1.70. The fraction of sp³-hybridized carbons (Fsp3) is 0.214. The van der Waals surface area contributed by atoms with E-state index in [2.05, 4.69) is 5.32 Å². The third-order valence-corrected chi connectivity index (χ3v) is 2.89. The molecule has 0 bridgehead atoms. The average molecular weight is 264 g/mol. The molecule has 1 amide bonds. The van der Waals surface area contributed by atoms with Gasteiger partial charge in [0.2, 0.25) is 0 Å². The van der Waals surface area contributed by atoms with Gasteiger partial charge in [-0.25, -0.2) is 0 Å². The number of hydrogen-bond acceptors (Lipinski definition) is 2. The van der Waals surface area contributed by atoms with E-state index in [1.807, 2.05) is 31.2 Å². The molecule has 4 heteroatoms. The van der Waals surface area contributed by atoms with E-state index < -0.39 is 0 Å². The van der Waals surface area contributed by atoms with Gasteiger partial charge in [-0.15, -0.1) is 0 Å². The molecule has 1 heterocycles. The van der Waals surface area contributed by atoms with Gasteiger partial charge in [-0.1, -0.05) is 23.7 Å². The van der Waals surface area contributed by atoms with E-state index in [1.165, 1.54) is 6.26 Å². The smallest absolute Gasteiger partial charge is 0.287 e. The number of rotatable bonds is 4. The number of benzene rings is 1. The summed E-state index contributed by atoms with van der Waals surface area (Å²) in [5.74, 6) is 0.195. The monoisotopic (exact) mass is 263 g/mol. The number of halogens is 1. The second-order valence-corrected chi connectivity index (χ2v) is 4.50. The van der Waals surface area contributed by atoms with Gasteiger partial charge < -0.3 is 9.73 Å². The first-order valence-electron chi connectivity index (χ1n) is 5.73. The lowest BCUT2D eigenvalue weighted by Gasteiger charge is -2.04. The first-order chi connectivity index (χ1) is 8.66. The molecule has 1 aromatic carbocycles. The molecule has 0 aliphatic rings. The highest BCUT2D eigenvalue weighted by atomic mass is 35.5. The van der Waals surface area contributed by atoms with E-state index in [9.17, 15) is 4.79 Å². The summed E-state index contributed by atoms with van der Waals surface area (Å²) in [6, 6.07) is 9.37. The summed E-state index contributed by atoms with van der Waals surface area (Å²) >= 11 is 5.89. The molecule has 0 unspecified atom stereocenters. The number of amides is 1. The zero-order chi connectivity index (χ0) is 13.0. The third kappa shape index (κ3) is 3.14. The molecule has 94 valence electrons. The maximum absolute atomic E-state index is 11.8. The molecule has 2 aromatic rings. The predicted octanol–water partition coefficient (Wildman–Crippen LogP) is 3.21. The van der Waals surface area contributed by atoms with Gasteiger partial charge in [0.15, 0.2) is 5.76 Å². The van der Waals surface area contributed by atoms with Crippen LogP contribution in [-0.2, 0) is 6.42 Å². The summed E-state index contributed by atoms with van der Waals surface area (Å²) < 4.78 is 5.11. The molecule has 0 radical (unpaired) electrons. The molecule has 0 saturated heterocycles. The van der Waals surface area contributed by atoms with Crippen molar-refractivity contribution >= 4 is 17.5 Å². The first-order valence-corrected chi connectivity index (χ1v) is 6.11. The minimum Gasteiger partial charge on any atom is -0.459 e. The van der Waals surface area contributed by atoms with Crippen LogP contribution in [-0.4, -0.2) is 12.5 Å². The Bertz CT molecular complexity index is 548. The van der Waals surface area contributed by atoms with Crippen molar-refractivity contribution in [2.75, 3.05) is 6.54 Å². The highest BCUT2D eigenvalue weighted by Crippen LogP contribution is 2.11. The summed E-state index contributed by atoms with van der Waals surface area (Å²) in [7, 11) is 0. The Morgan fingerprint density at radius 2 is 2.22 bits per heavy atom. The van der Waals surface area contributed by atoms with Crippen molar-refractivity contribution in [2.45, 2.75) is 13.3 Å². The minimum atomic E-state index is -0.181. The van der Waals surface area contributed by atoms with Crippen LogP contribution in [0.25, 0.3) is 0 Å². The first kappa shape index (κ1) is 12.7. The maximum atomic E-state index is 11.8. The largest absolute Gasteiger partial charge is 0.459 e. The van der Waals surface area contributed by atoms with Gasteiger partial charge in [0, 0.05) is 17.1 Å². The van der Waals surface area contributed by atoms with Crippen molar-refractivity contribution in [1.82, 2.24) is 5.32 Å². The van der Waals surface area contributed by atoms with Crippen LogP contribution in [0.5, 0.6) is 0 Å². The summed E-state index contributed by atoms with van der Waals surface area (Å²) in [6.07, 6.45) is 2.26. The van der Waals surface area contributed by atoms with Crippen LogP contribution in [0.15, 0.2) is 41.0 Å². The van der Waals surface area contributed by atoms with Crippen LogP contribution in [0.2, 0.25) is 5.02 Å². The zero-order valence-electron chi connectivity index (χ0n) is 10.1. The van der Waals surface area contributed by atoms with Crippen molar-refractivity contribution in [3.05, 3.63) is 58.5 Å². The standard InChI is InChI=1S/C14H14ClNO2/c1-10-6-8-18-13(10)14(17)16-7-5-11-3-2-4-12(15)9-11/h2-4,6,8-9H,5,7H2,1H3,(H,16,17). The SMILES string of the molecule is Cc1ccoc1C(=O)NCCc1cccc(Cl)c1. The van der Waals surface area contributed by atoms with Gasteiger partial charge in [0.25, 0.3) is 5.91 Å². The summed E-state index contributed by atoms with van der Waals surface area (Å²) in [6.45, 7) is 2.40. The molecular formula is C14H14ClNO2. The lowest BCUT2D eigenvalue weighted by molar-refractivity contribution is 0.0925. The van der Waals surface area contributed by atoms with E-state index in [0.717, 1.165) is 17.5 Å². The van der Waals surface area contributed by atoms with E-state index in [-0.39, 0.29) is 5.91 Å². The molecule has 0 atom stereocenters. The van der Waals surface area contributed by atoms with Crippen LogP contribution in [0, 0.1) is 6.92 Å². The molecule has 0 fully saturated rings. The third-order valence-electron chi connectivity index (χ3n) is 2.66. The fourth-order valence-corrected chi connectivity index (χ4v) is 1.91. The lowest BCUT2D eigenvalue weighted by Crippen LogP contribution is -2.25. The number of aryl methyl sites for hydroxylation is 1. The zero-order valence-corrected chi connectivity index (χ0v) is 10.8. The molecule has 0 aliphatic carbocycles. The Kier molecular flexibility index (Phi) is 4.05. The minimum absolute atomic E-state index is 0.181. The van der Waals surface area contributed by atoms with Crippen LogP contribution in [0.4, 0.5) is 0 Å². The van der Waals surface area contributed by atoms with Gasteiger partial charge in [-0.05, 0) is 37.1 Å². The molecule has 1 N–H and O–H groups in total. The van der Waals surface area contributed by atoms with Crippen molar-refractivity contribution in [3.8, 4) is 0 Å². The Labute approximate surface area is 111 Å². The van der Waals surface area contributed by atoms with Gasteiger partial charge in [0.1, 0.15) is 0 Å². The number of furan rings is 1. The van der Waals surface area contributed by atoms with Crippen LogP contribution >= 0.6 is 11.6 Å². The molecule has 0 aliphatic heterocycles. The molecular weight excluding hydrogens is 250 g/mol. The summed E-state index contributed by atoms with van der Waals surface area (Å²) in [5, 5.41) is 3.53. The number of carbonyl (C=O) groups is 1. The van der Waals surface area contributed by atoms with E-state index in [0.29, 0.717) is 17.3 Å². The topological polar surface area (TPSA) is 42.2 Å². The molecule has 0 spiro atoms. The van der Waals surface area contributed by atoms with Crippen LogP contribution in [0.1, 0.15) is 21.7 Å². The van der Waals surface area contributed by atoms with Crippen LogP contribution < -0.4 is 5.32 Å². The van der Waals surface area contributed by atoms with Crippen molar-refractivity contribution < 1.29 is 9.21 Å². The second kappa shape index (κ2) is 5.74. The molecule has 1 aromatic heterocycles. The number of carbonyl (C=O) groups excluding carboxylic acids is 1. The summed E-state index contributed by atoms with van der Waals surface area (Å²) in [5.41, 5.74) is 1.94. The van der Waals surface area contributed by atoms with Gasteiger partial charge >= 0.3 is 0 Å². The van der Waals surface area contributed by atoms with Gasteiger partial charge in [0.05, 0.1) is 6.26 Å². The molecule has 2 rings (SSSR count). The van der Waals surface area contributed by atoms with Gasteiger partial charge in [-0.3, -0.25) is 4.79 Å². The Balaban J connectivity index is 1.86. The van der Waals surface area contributed by atoms with E-state index in [1.54, 1.807) is 6.07 Å². The van der Waals surface area contributed by atoms with E-state index in [4.69, 9.17) is 16.0 Å². The Morgan fingerprint density at radius 3 is 2.89 bits per heavy atom. The number of nitrogens with one attached hydrogen (secondary N) is 1. The molecule has 3 nitrogen and oxygen atoms in total. The quantitative estimate of drug-likeness (QED) is 0.920. The van der Waals surface area contributed by atoms with Crippen molar-refractivity contribution in [1.29, 1.82) is 0 Å². The predicted molar refractivity (Wildman–Crippen MR) is 70.9 cm³/mol. The normalized spacial score (nSPS) is 10.3. The molecule has 18 heavy (non-hydrogen) atoms. The Hall–Kier alpha value is -1.74. The van der Waals surface area contributed by atoms with Crippen LogP contribution in [0.3, 0.4) is 0 Å². The molecule has 0 saturated carbocycles. The average Bonchev–Trinajstić information content (AvgIpc) is 2.75. The highest BCUT2D eigenvalue weighted by Gasteiger charge is 2.11. The highest BCUT2D eigenvalue weighted by molar-refractivity contribution is 6.30.